The fourth-order valence-electron chi connectivity index (χ4n) is 4.39. The molecule has 0 spiro atoms. The third-order valence-corrected chi connectivity index (χ3v) is 7.71. The molecule has 5 rings (SSSR count). The van der Waals surface area contributed by atoms with Gasteiger partial charge in [-0.2, -0.15) is 10.4 Å². The molecule has 3 aromatic carbocycles. The number of nitrogens with zero attached hydrogens (tertiary/aromatic N) is 2. The lowest BCUT2D eigenvalue weighted by Gasteiger charge is -2.10. The van der Waals surface area contributed by atoms with Gasteiger partial charge in [0.05, 0.1) is 22.9 Å². The van der Waals surface area contributed by atoms with Crippen LogP contribution in [0.5, 0.6) is 11.5 Å². The summed E-state index contributed by atoms with van der Waals surface area (Å²) in [5.74, 6) is -3.20. The molecule has 0 aliphatic heterocycles. The Hall–Kier alpha value is -5.60. The van der Waals surface area contributed by atoms with Crippen LogP contribution in [0.15, 0.2) is 84.0 Å². The lowest BCUT2D eigenvalue weighted by Crippen LogP contribution is -2.32. The standard InChI is InChI=1S/C32H24N4O6S/c33-18-25-24-13-7-8-14-27(24)43-30(25)35-28(37)29(38)36-34-19-22-15-16-23(41-31(39)20-9-3-1-4-10-20)17-26(22)42-32(40)21-11-5-2-6-12-21/h1-6,9-12,15-17,19H,7-8,13-14H2,(H,35,37)(H,36,38)/b34-19+. The first-order chi connectivity index (χ1) is 20.9. The van der Waals surface area contributed by atoms with Crippen LogP contribution < -0.4 is 20.2 Å². The van der Waals surface area contributed by atoms with Gasteiger partial charge in [-0.1, -0.05) is 36.4 Å². The molecule has 43 heavy (non-hydrogen) atoms. The molecule has 0 saturated heterocycles. The number of amides is 2. The van der Waals surface area contributed by atoms with Crippen LogP contribution >= 0.6 is 11.3 Å². The van der Waals surface area contributed by atoms with Crippen molar-refractivity contribution in [3.05, 3.63) is 112 Å². The van der Waals surface area contributed by atoms with Crippen molar-refractivity contribution in [3.63, 3.8) is 0 Å². The van der Waals surface area contributed by atoms with Crippen LogP contribution in [0, 0.1) is 11.3 Å². The minimum absolute atomic E-state index is 0.00232. The molecule has 214 valence electrons. The molecule has 0 radical (unpaired) electrons. The van der Waals surface area contributed by atoms with E-state index in [1.807, 2.05) is 0 Å². The predicted octanol–water partition coefficient (Wildman–Crippen LogP) is 5.03. The van der Waals surface area contributed by atoms with E-state index in [9.17, 15) is 24.4 Å². The first kappa shape index (κ1) is 28.9. The van der Waals surface area contributed by atoms with E-state index in [0.717, 1.165) is 36.1 Å². The second-order valence-corrected chi connectivity index (χ2v) is 10.5. The minimum atomic E-state index is -1.05. The molecule has 2 amide bonds. The minimum Gasteiger partial charge on any atom is -0.423 e. The van der Waals surface area contributed by atoms with E-state index < -0.39 is 23.8 Å². The maximum absolute atomic E-state index is 12.8. The molecule has 2 N–H and O–H groups in total. The highest BCUT2D eigenvalue weighted by atomic mass is 32.1. The summed E-state index contributed by atoms with van der Waals surface area (Å²) >= 11 is 1.31. The largest absolute Gasteiger partial charge is 0.423 e. The van der Waals surface area contributed by atoms with Crippen LogP contribution in [0.25, 0.3) is 0 Å². The monoisotopic (exact) mass is 592 g/mol. The maximum atomic E-state index is 12.8. The van der Waals surface area contributed by atoms with E-state index in [1.165, 1.54) is 35.8 Å². The van der Waals surface area contributed by atoms with Gasteiger partial charge in [0.2, 0.25) is 0 Å². The van der Waals surface area contributed by atoms with Crippen molar-refractivity contribution in [2.45, 2.75) is 25.7 Å². The summed E-state index contributed by atoms with van der Waals surface area (Å²) in [6.45, 7) is 0. The molecule has 1 aromatic heterocycles. The summed E-state index contributed by atoms with van der Waals surface area (Å²) < 4.78 is 11.0. The molecule has 11 heteroatoms. The van der Waals surface area contributed by atoms with E-state index in [2.05, 4.69) is 21.9 Å². The van der Waals surface area contributed by atoms with E-state index >= 15 is 0 Å². The van der Waals surface area contributed by atoms with Crippen molar-refractivity contribution in [1.29, 1.82) is 5.26 Å². The summed E-state index contributed by atoms with van der Waals surface area (Å²) in [5, 5.41) is 16.3. The van der Waals surface area contributed by atoms with E-state index in [1.54, 1.807) is 60.7 Å². The fourth-order valence-corrected chi connectivity index (χ4v) is 5.62. The normalized spacial score (nSPS) is 12.1. The Balaban J connectivity index is 1.30. The Morgan fingerprint density at radius 1 is 0.837 bits per heavy atom. The van der Waals surface area contributed by atoms with Crippen molar-refractivity contribution in [2.24, 2.45) is 5.10 Å². The van der Waals surface area contributed by atoms with Gasteiger partial charge < -0.3 is 14.8 Å². The van der Waals surface area contributed by atoms with Crippen LogP contribution in [0.2, 0.25) is 0 Å². The lowest BCUT2D eigenvalue weighted by molar-refractivity contribution is -0.136. The number of nitriles is 1. The zero-order valence-corrected chi connectivity index (χ0v) is 23.5. The number of hydrogen-bond acceptors (Lipinski definition) is 9. The number of ether oxygens (including phenoxy) is 2. The molecule has 1 aliphatic rings. The summed E-state index contributed by atoms with van der Waals surface area (Å²) in [4.78, 5) is 51.4. The highest BCUT2D eigenvalue weighted by Crippen LogP contribution is 2.37. The number of carbonyl (C=O) groups excluding carboxylic acids is 4. The number of hydrazone groups is 1. The molecule has 4 aromatic rings. The number of anilines is 1. The molecule has 0 saturated carbocycles. The third-order valence-electron chi connectivity index (χ3n) is 6.50. The van der Waals surface area contributed by atoms with Crippen LogP contribution in [0.3, 0.4) is 0 Å². The van der Waals surface area contributed by atoms with Gasteiger partial charge in [-0.3, -0.25) is 9.59 Å². The zero-order chi connectivity index (χ0) is 30.2. The summed E-state index contributed by atoms with van der Waals surface area (Å²) in [5.41, 5.74) is 4.34. The number of fused-ring (bicyclic) bond motifs is 1. The SMILES string of the molecule is N#Cc1c(NC(=O)C(=O)N/N=C/c2ccc(OC(=O)c3ccccc3)cc2OC(=O)c2ccccc2)sc2c1CCCC2. The van der Waals surface area contributed by atoms with E-state index in [-0.39, 0.29) is 22.6 Å². The topological polar surface area (TPSA) is 147 Å². The Labute approximate surface area is 250 Å². The molecule has 0 fully saturated rings. The van der Waals surface area contributed by atoms with Gasteiger partial charge in [0.15, 0.2) is 0 Å². The summed E-state index contributed by atoms with van der Waals surface area (Å²) in [6.07, 6.45) is 4.78. The number of carbonyl (C=O) groups is 4. The highest BCUT2D eigenvalue weighted by Gasteiger charge is 2.24. The number of aryl methyl sites for hydroxylation is 1. The number of esters is 2. The van der Waals surface area contributed by atoms with Gasteiger partial charge in [0.25, 0.3) is 0 Å². The van der Waals surface area contributed by atoms with Crippen LogP contribution in [0.4, 0.5) is 5.00 Å². The van der Waals surface area contributed by atoms with Crippen molar-refractivity contribution < 1.29 is 28.7 Å². The summed E-state index contributed by atoms with van der Waals surface area (Å²) in [6, 6.07) is 23.1. The van der Waals surface area contributed by atoms with Gasteiger partial charge in [0, 0.05) is 16.5 Å². The fraction of sp³-hybridized carbons (Fsp3) is 0.125. The average Bonchev–Trinajstić information content (AvgIpc) is 3.39. The Bertz CT molecular complexity index is 1760. The maximum Gasteiger partial charge on any atom is 0.343 e. The summed E-state index contributed by atoms with van der Waals surface area (Å²) in [7, 11) is 0. The van der Waals surface area contributed by atoms with E-state index in [4.69, 9.17) is 9.47 Å². The van der Waals surface area contributed by atoms with E-state index in [0.29, 0.717) is 16.1 Å². The molecule has 0 unspecified atom stereocenters. The Morgan fingerprint density at radius 2 is 1.49 bits per heavy atom. The van der Waals surface area contributed by atoms with Crippen LogP contribution in [-0.2, 0) is 22.4 Å². The molecular formula is C32H24N4O6S. The second kappa shape index (κ2) is 13.4. The molecule has 0 atom stereocenters. The number of thiophene rings is 1. The van der Waals surface area contributed by atoms with Gasteiger partial charge in [-0.15, -0.1) is 11.3 Å². The van der Waals surface area contributed by atoms with Gasteiger partial charge in [0.1, 0.15) is 22.6 Å². The molecular weight excluding hydrogens is 568 g/mol. The first-order valence-electron chi connectivity index (χ1n) is 13.3. The Kier molecular flexibility index (Phi) is 8.99. The number of hydrogen-bond donors (Lipinski definition) is 2. The number of rotatable bonds is 7. The van der Waals surface area contributed by atoms with Gasteiger partial charge in [-0.25, -0.2) is 15.0 Å². The molecule has 1 aliphatic carbocycles. The smallest absolute Gasteiger partial charge is 0.343 e. The number of benzene rings is 3. The first-order valence-corrected chi connectivity index (χ1v) is 14.1. The van der Waals surface area contributed by atoms with Crippen molar-refractivity contribution in [3.8, 4) is 17.6 Å². The quantitative estimate of drug-likeness (QED) is 0.101. The van der Waals surface area contributed by atoms with Crippen molar-refractivity contribution in [1.82, 2.24) is 5.43 Å². The van der Waals surface area contributed by atoms with Crippen LogP contribution in [-0.4, -0.2) is 30.0 Å². The molecule has 10 nitrogen and oxygen atoms in total. The Morgan fingerprint density at radius 3 is 2.16 bits per heavy atom. The molecule has 1 heterocycles. The van der Waals surface area contributed by atoms with Crippen molar-refractivity contribution in [2.75, 3.05) is 5.32 Å². The zero-order valence-electron chi connectivity index (χ0n) is 22.7. The average molecular weight is 593 g/mol. The molecule has 0 bridgehead atoms. The second-order valence-electron chi connectivity index (χ2n) is 9.39. The highest BCUT2D eigenvalue weighted by molar-refractivity contribution is 7.16. The van der Waals surface area contributed by atoms with Crippen LogP contribution in [0.1, 0.15) is 55.1 Å². The van der Waals surface area contributed by atoms with Gasteiger partial charge in [-0.05, 0) is 67.6 Å². The third kappa shape index (κ3) is 7.01. The number of nitrogens with one attached hydrogen (secondary N) is 2. The van der Waals surface area contributed by atoms with Crippen molar-refractivity contribution >= 4 is 46.3 Å². The predicted molar refractivity (Wildman–Crippen MR) is 159 cm³/mol. The van der Waals surface area contributed by atoms with Gasteiger partial charge >= 0.3 is 23.8 Å². The lowest BCUT2D eigenvalue weighted by atomic mass is 9.96.